The molecule has 0 heterocycles. The second-order valence-electron chi connectivity index (χ2n) is 3.93. The van der Waals surface area contributed by atoms with E-state index < -0.39 is 0 Å². The van der Waals surface area contributed by atoms with Crippen molar-refractivity contribution in [1.29, 1.82) is 0 Å². The third-order valence-corrected chi connectivity index (χ3v) is 2.81. The summed E-state index contributed by atoms with van der Waals surface area (Å²) in [4.78, 5) is 0. The summed E-state index contributed by atoms with van der Waals surface area (Å²) in [6.07, 6.45) is 1.59. The molecule has 17 heavy (non-hydrogen) atoms. The van der Waals surface area contributed by atoms with E-state index in [1.54, 1.807) is 18.2 Å². The van der Waals surface area contributed by atoms with Gasteiger partial charge in [0.2, 0.25) is 0 Å². The molecule has 96 valence electrons. The molecule has 3 nitrogen and oxygen atoms in total. The van der Waals surface area contributed by atoms with E-state index in [2.05, 4.69) is 5.32 Å². The summed E-state index contributed by atoms with van der Waals surface area (Å²) in [7, 11) is 1.45. The minimum Gasteiger partial charge on any atom is -0.494 e. The van der Waals surface area contributed by atoms with E-state index in [-0.39, 0.29) is 24.2 Å². The highest BCUT2D eigenvalue weighted by molar-refractivity contribution is 5.30. The molecule has 0 aromatic heterocycles. The van der Waals surface area contributed by atoms with Crippen molar-refractivity contribution in [2.75, 3.05) is 13.7 Å². The summed E-state index contributed by atoms with van der Waals surface area (Å²) in [5.74, 6) is -0.0548. The molecule has 1 atom stereocenters. The monoisotopic (exact) mass is 241 g/mol. The van der Waals surface area contributed by atoms with Crippen LogP contribution in [0.15, 0.2) is 18.2 Å². The van der Waals surface area contributed by atoms with Crippen molar-refractivity contribution in [3.63, 3.8) is 0 Å². The molecular weight excluding hydrogens is 221 g/mol. The topological polar surface area (TPSA) is 41.5 Å². The van der Waals surface area contributed by atoms with Gasteiger partial charge in [0.05, 0.1) is 7.11 Å². The zero-order valence-electron chi connectivity index (χ0n) is 10.4. The first kappa shape index (κ1) is 13.9. The van der Waals surface area contributed by atoms with Crippen LogP contribution in [0.2, 0.25) is 0 Å². The van der Waals surface area contributed by atoms with E-state index in [0.717, 1.165) is 6.42 Å². The minimum atomic E-state index is -0.318. The molecule has 0 fully saturated rings. The van der Waals surface area contributed by atoms with Gasteiger partial charge in [0.25, 0.3) is 0 Å². The number of ether oxygens (including phenoxy) is 1. The number of nitrogens with one attached hydrogen (secondary N) is 1. The van der Waals surface area contributed by atoms with Crippen LogP contribution < -0.4 is 10.1 Å². The molecule has 0 saturated heterocycles. The van der Waals surface area contributed by atoms with E-state index in [1.165, 1.54) is 7.11 Å². The van der Waals surface area contributed by atoms with Gasteiger partial charge in [-0.25, -0.2) is 4.39 Å². The molecule has 1 unspecified atom stereocenters. The lowest BCUT2D eigenvalue weighted by Crippen LogP contribution is -2.29. The molecule has 4 heteroatoms. The predicted octanol–water partition coefficient (Wildman–Crippen LogP) is 2.08. The van der Waals surface area contributed by atoms with Crippen LogP contribution in [0.3, 0.4) is 0 Å². The van der Waals surface area contributed by atoms with Crippen molar-refractivity contribution < 1.29 is 14.2 Å². The summed E-state index contributed by atoms with van der Waals surface area (Å²) in [6.45, 7) is 2.63. The van der Waals surface area contributed by atoms with E-state index >= 15 is 0 Å². The Hall–Kier alpha value is -1.13. The summed E-state index contributed by atoms with van der Waals surface area (Å²) in [6, 6.07) is 5.32. The molecule has 0 bridgehead atoms. The normalized spacial score (nSPS) is 12.5. The second-order valence-corrected chi connectivity index (χ2v) is 3.93. The molecule has 0 aliphatic heterocycles. The van der Waals surface area contributed by atoms with Gasteiger partial charge in [-0.3, -0.25) is 0 Å². The maximum Gasteiger partial charge on any atom is 0.169 e. The van der Waals surface area contributed by atoms with Crippen LogP contribution in [0, 0.1) is 5.82 Å². The van der Waals surface area contributed by atoms with Crippen molar-refractivity contribution in [2.45, 2.75) is 32.4 Å². The molecule has 1 aromatic carbocycles. The molecule has 2 N–H and O–H groups in total. The maximum absolute atomic E-state index is 13.8. The number of benzene rings is 1. The smallest absolute Gasteiger partial charge is 0.169 e. The van der Waals surface area contributed by atoms with Crippen LogP contribution in [0.4, 0.5) is 4.39 Å². The third-order valence-electron chi connectivity index (χ3n) is 2.81. The Morgan fingerprint density at radius 3 is 2.82 bits per heavy atom. The fourth-order valence-electron chi connectivity index (χ4n) is 1.71. The predicted molar refractivity (Wildman–Crippen MR) is 65.6 cm³/mol. The van der Waals surface area contributed by atoms with Crippen LogP contribution >= 0.6 is 0 Å². The fourth-order valence-corrected chi connectivity index (χ4v) is 1.71. The lowest BCUT2D eigenvalue weighted by atomic mass is 10.1. The first-order valence-corrected chi connectivity index (χ1v) is 5.88. The second kappa shape index (κ2) is 7.25. The zero-order valence-corrected chi connectivity index (χ0v) is 10.4. The number of methoxy groups -OCH3 is 1. The standard InChI is InChI=1S/C13H20FNO2/c1-3-11(7-8-16)15-9-10-5-4-6-12(17-2)13(10)14/h4-6,11,15-16H,3,7-9H2,1-2H3. The van der Waals surface area contributed by atoms with Gasteiger partial charge in [-0.05, 0) is 18.9 Å². The van der Waals surface area contributed by atoms with Gasteiger partial charge in [0.15, 0.2) is 11.6 Å². The third kappa shape index (κ3) is 3.98. The minimum absolute atomic E-state index is 0.145. The van der Waals surface area contributed by atoms with Crippen LogP contribution in [0.25, 0.3) is 0 Å². The summed E-state index contributed by atoms with van der Waals surface area (Å²) < 4.78 is 18.7. The maximum atomic E-state index is 13.8. The zero-order chi connectivity index (χ0) is 12.7. The Morgan fingerprint density at radius 1 is 1.47 bits per heavy atom. The van der Waals surface area contributed by atoms with Gasteiger partial charge in [-0.15, -0.1) is 0 Å². The van der Waals surface area contributed by atoms with E-state index in [0.29, 0.717) is 18.5 Å². The fraction of sp³-hybridized carbons (Fsp3) is 0.538. The number of rotatable bonds is 7. The molecule has 1 aromatic rings. The SMILES string of the molecule is CCC(CCO)NCc1cccc(OC)c1F. The van der Waals surface area contributed by atoms with Crippen LogP contribution in [-0.2, 0) is 6.54 Å². The Bertz CT molecular complexity index is 344. The number of halogens is 1. The van der Waals surface area contributed by atoms with Gasteiger partial charge in [-0.1, -0.05) is 19.1 Å². The average Bonchev–Trinajstić information content (AvgIpc) is 2.36. The van der Waals surface area contributed by atoms with Crippen molar-refractivity contribution in [3.8, 4) is 5.75 Å². The Balaban J connectivity index is 2.62. The molecule has 0 aliphatic carbocycles. The Labute approximate surface area is 102 Å². The highest BCUT2D eigenvalue weighted by Gasteiger charge is 2.10. The first-order chi connectivity index (χ1) is 8.22. The summed E-state index contributed by atoms with van der Waals surface area (Å²) in [5, 5.41) is 12.1. The quantitative estimate of drug-likeness (QED) is 0.768. The van der Waals surface area contributed by atoms with Crippen molar-refractivity contribution in [2.24, 2.45) is 0 Å². The Kier molecular flexibility index (Phi) is 5.94. The van der Waals surface area contributed by atoms with Crippen LogP contribution in [0.5, 0.6) is 5.75 Å². The molecule has 0 aliphatic rings. The van der Waals surface area contributed by atoms with Gasteiger partial charge in [0, 0.05) is 24.8 Å². The van der Waals surface area contributed by atoms with E-state index in [1.807, 2.05) is 6.92 Å². The van der Waals surface area contributed by atoms with Crippen LogP contribution in [0.1, 0.15) is 25.3 Å². The lowest BCUT2D eigenvalue weighted by molar-refractivity contribution is 0.261. The molecule has 0 radical (unpaired) electrons. The summed E-state index contributed by atoms with van der Waals surface area (Å²) >= 11 is 0. The van der Waals surface area contributed by atoms with Gasteiger partial charge >= 0.3 is 0 Å². The Morgan fingerprint density at radius 2 is 2.24 bits per heavy atom. The van der Waals surface area contributed by atoms with Gasteiger partial charge in [0.1, 0.15) is 0 Å². The first-order valence-electron chi connectivity index (χ1n) is 5.88. The number of hydrogen-bond acceptors (Lipinski definition) is 3. The summed E-state index contributed by atoms with van der Waals surface area (Å²) in [5.41, 5.74) is 0.584. The molecule has 1 rings (SSSR count). The van der Waals surface area contributed by atoms with Crippen molar-refractivity contribution in [3.05, 3.63) is 29.6 Å². The highest BCUT2D eigenvalue weighted by atomic mass is 19.1. The number of hydrogen-bond donors (Lipinski definition) is 2. The molecular formula is C13H20FNO2. The molecule has 0 amide bonds. The van der Waals surface area contributed by atoms with Gasteiger partial charge < -0.3 is 15.2 Å². The van der Waals surface area contributed by atoms with Crippen molar-refractivity contribution in [1.82, 2.24) is 5.32 Å². The van der Waals surface area contributed by atoms with E-state index in [9.17, 15) is 4.39 Å². The largest absolute Gasteiger partial charge is 0.494 e. The van der Waals surface area contributed by atoms with Crippen LogP contribution in [-0.4, -0.2) is 24.9 Å². The van der Waals surface area contributed by atoms with E-state index in [4.69, 9.17) is 9.84 Å². The number of aliphatic hydroxyl groups is 1. The number of aliphatic hydroxyl groups excluding tert-OH is 1. The van der Waals surface area contributed by atoms with Crippen molar-refractivity contribution >= 4 is 0 Å². The average molecular weight is 241 g/mol. The molecule has 0 spiro atoms. The lowest BCUT2D eigenvalue weighted by Gasteiger charge is -2.16. The molecule has 0 saturated carbocycles. The highest BCUT2D eigenvalue weighted by Crippen LogP contribution is 2.19. The van der Waals surface area contributed by atoms with Gasteiger partial charge in [-0.2, -0.15) is 0 Å².